The number of amides is 1. The Morgan fingerprint density at radius 3 is 2.82 bits per heavy atom. The van der Waals surface area contributed by atoms with Crippen molar-refractivity contribution in [3.63, 3.8) is 0 Å². The van der Waals surface area contributed by atoms with Gasteiger partial charge in [0.15, 0.2) is 0 Å². The summed E-state index contributed by atoms with van der Waals surface area (Å²) in [5, 5.41) is 2.93. The van der Waals surface area contributed by atoms with Crippen LogP contribution in [0.2, 0.25) is 0 Å². The van der Waals surface area contributed by atoms with Crippen LogP contribution in [0.1, 0.15) is 57.4 Å². The molecule has 0 bridgehead atoms. The van der Waals surface area contributed by atoms with E-state index in [2.05, 4.69) is 41.3 Å². The first kappa shape index (κ1) is 16.8. The smallest absolute Gasteiger partial charge is 0.229 e. The molecular formula is C18H29N3O. The molecular weight excluding hydrogens is 274 g/mol. The van der Waals surface area contributed by atoms with E-state index in [-0.39, 0.29) is 5.91 Å². The minimum Gasteiger partial charge on any atom is -0.348 e. The number of aromatic amines is 1. The van der Waals surface area contributed by atoms with Crippen molar-refractivity contribution in [3.8, 4) is 0 Å². The summed E-state index contributed by atoms with van der Waals surface area (Å²) >= 11 is 0. The number of likely N-dealkylation sites (tertiary alicyclic amines) is 1. The predicted octanol–water partition coefficient (Wildman–Crippen LogP) is 3.90. The van der Waals surface area contributed by atoms with E-state index in [0.717, 1.165) is 12.2 Å². The summed E-state index contributed by atoms with van der Waals surface area (Å²) in [6, 6.07) is 2.10. The summed E-state index contributed by atoms with van der Waals surface area (Å²) in [7, 11) is 0. The molecule has 0 unspecified atom stereocenters. The molecule has 0 spiro atoms. The number of nitrogens with zero attached hydrogens (tertiary/aromatic N) is 1. The second kappa shape index (κ2) is 8.79. The summed E-state index contributed by atoms with van der Waals surface area (Å²) in [6.45, 7) is 7.90. The van der Waals surface area contributed by atoms with Crippen molar-refractivity contribution in [1.82, 2.24) is 9.88 Å². The maximum absolute atomic E-state index is 11.8. The monoisotopic (exact) mass is 303 g/mol. The van der Waals surface area contributed by atoms with Crippen LogP contribution in [-0.4, -0.2) is 35.4 Å². The van der Waals surface area contributed by atoms with Crippen molar-refractivity contribution in [2.45, 2.75) is 51.9 Å². The van der Waals surface area contributed by atoms with Crippen LogP contribution in [0.25, 0.3) is 0 Å². The number of hydrogen-bond acceptors (Lipinski definition) is 2. The summed E-state index contributed by atoms with van der Waals surface area (Å²) in [4.78, 5) is 17.5. The largest absolute Gasteiger partial charge is 0.348 e. The molecule has 122 valence electrons. The first-order valence-electron chi connectivity index (χ1n) is 8.58. The molecule has 0 atom stereocenters. The highest BCUT2D eigenvalue weighted by atomic mass is 16.1. The van der Waals surface area contributed by atoms with E-state index in [9.17, 15) is 4.79 Å². The van der Waals surface area contributed by atoms with Crippen LogP contribution in [0, 0.1) is 0 Å². The number of allylic oxidation sites excluding steroid dienone is 1. The zero-order valence-electron chi connectivity index (χ0n) is 13.9. The predicted molar refractivity (Wildman–Crippen MR) is 92.2 cm³/mol. The molecule has 2 N–H and O–H groups in total. The Morgan fingerprint density at radius 2 is 2.14 bits per heavy atom. The molecule has 1 aliphatic rings. The van der Waals surface area contributed by atoms with Gasteiger partial charge in [0.05, 0.1) is 0 Å². The van der Waals surface area contributed by atoms with E-state index >= 15 is 0 Å². The average Bonchev–Trinajstić information content (AvgIpc) is 2.97. The Morgan fingerprint density at radius 1 is 1.36 bits per heavy atom. The summed E-state index contributed by atoms with van der Waals surface area (Å²) in [6.07, 6.45) is 11.1. The highest BCUT2D eigenvalue weighted by molar-refractivity contribution is 5.90. The van der Waals surface area contributed by atoms with Crippen LogP contribution in [0.15, 0.2) is 24.4 Å². The van der Waals surface area contributed by atoms with Crippen molar-refractivity contribution in [2.24, 2.45) is 0 Å². The normalized spacial score (nSPS) is 17.2. The fourth-order valence-electron chi connectivity index (χ4n) is 3.08. The lowest BCUT2D eigenvalue weighted by Crippen LogP contribution is -2.33. The van der Waals surface area contributed by atoms with Gasteiger partial charge in [0.2, 0.25) is 5.91 Å². The molecule has 4 nitrogen and oxygen atoms in total. The third kappa shape index (κ3) is 5.02. The Bertz CT molecular complexity index is 484. The van der Waals surface area contributed by atoms with Gasteiger partial charge in [0.1, 0.15) is 5.82 Å². The SMILES string of the molecule is CCC=CCC(=O)Nc1cc(C2CCN(CCC)CC2)c[nH]1. The minimum absolute atomic E-state index is 0.0378. The standard InChI is InChI=1S/C18H29N3O/c1-3-5-6-7-18(22)20-17-13-16(14-19-17)15-8-11-21(10-4-2)12-9-15/h5-6,13-15,19H,3-4,7-12H2,1-2H3,(H,20,22). The zero-order chi connectivity index (χ0) is 15.8. The number of piperidine rings is 1. The first-order chi connectivity index (χ1) is 10.7. The molecule has 4 heteroatoms. The molecule has 0 radical (unpaired) electrons. The van der Waals surface area contributed by atoms with Gasteiger partial charge in [-0.15, -0.1) is 0 Å². The molecule has 1 aliphatic heterocycles. The van der Waals surface area contributed by atoms with Gasteiger partial charge < -0.3 is 15.2 Å². The lowest BCUT2D eigenvalue weighted by molar-refractivity contribution is -0.115. The fourth-order valence-corrected chi connectivity index (χ4v) is 3.08. The maximum Gasteiger partial charge on any atom is 0.229 e. The van der Waals surface area contributed by atoms with Gasteiger partial charge in [0.25, 0.3) is 0 Å². The number of hydrogen-bond donors (Lipinski definition) is 2. The highest BCUT2D eigenvalue weighted by Crippen LogP contribution is 2.29. The number of nitrogens with one attached hydrogen (secondary N) is 2. The fraction of sp³-hybridized carbons (Fsp3) is 0.611. The molecule has 0 aromatic carbocycles. The van der Waals surface area contributed by atoms with Gasteiger partial charge in [-0.2, -0.15) is 0 Å². The van der Waals surface area contributed by atoms with Gasteiger partial charge in [-0.1, -0.05) is 26.0 Å². The summed E-state index contributed by atoms with van der Waals surface area (Å²) < 4.78 is 0. The van der Waals surface area contributed by atoms with Crippen molar-refractivity contribution in [1.29, 1.82) is 0 Å². The van der Waals surface area contributed by atoms with E-state index in [4.69, 9.17) is 0 Å². The van der Waals surface area contributed by atoms with Crippen molar-refractivity contribution < 1.29 is 4.79 Å². The van der Waals surface area contributed by atoms with E-state index in [1.165, 1.54) is 44.5 Å². The number of carbonyl (C=O) groups excluding carboxylic acids is 1. The van der Waals surface area contributed by atoms with Gasteiger partial charge in [0, 0.05) is 12.6 Å². The Kier molecular flexibility index (Phi) is 6.72. The number of aromatic nitrogens is 1. The van der Waals surface area contributed by atoms with Crippen LogP contribution in [0.4, 0.5) is 5.82 Å². The van der Waals surface area contributed by atoms with Gasteiger partial charge >= 0.3 is 0 Å². The topological polar surface area (TPSA) is 48.1 Å². The number of carbonyl (C=O) groups is 1. The molecule has 1 amide bonds. The molecule has 1 fully saturated rings. The average molecular weight is 303 g/mol. The summed E-state index contributed by atoms with van der Waals surface area (Å²) in [5.74, 6) is 1.48. The van der Waals surface area contributed by atoms with E-state index < -0.39 is 0 Å². The number of anilines is 1. The lowest BCUT2D eigenvalue weighted by atomic mass is 9.91. The van der Waals surface area contributed by atoms with Crippen molar-refractivity contribution in [2.75, 3.05) is 25.0 Å². The van der Waals surface area contributed by atoms with Gasteiger partial charge in [-0.05, 0) is 62.9 Å². The van der Waals surface area contributed by atoms with Crippen LogP contribution in [0.5, 0.6) is 0 Å². The molecule has 0 saturated carbocycles. The van der Waals surface area contributed by atoms with Gasteiger partial charge in [-0.3, -0.25) is 4.79 Å². The highest BCUT2D eigenvalue weighted by Gasteiger charge is 2.21. The van der Waals surface area contributed by atoms with E-state index in [1.54, 1.807) is 0 Å². The lowest BCUT2D eigenvalue weighted by Gasteiger charge is -2.31. The number of H-pyrrole nitrogens is 1. The Balaban J connectivity index is 1.81. The first-order valence-corrected chi connectivity index (χ1v) is 8.58. The third-order valence-electron chi connectivity index (χ3n) is 4.28. The van der Waals surface area contributed by atoms with E-state index in [0.29, 0.717) is 12.3 Å². The maximum atomic E-state index is 11.8. The Labute approximate surface area is 134 Å². The second-order valence-electron chi connectivity index (χ2n) is 6.09. The molecule has 0 aliphatic carbocycles. The number of rotatable bonds is 7. The molecule has 2 heterocycles. The molecule has 1 aromatic heterocycles. The van der Waals surface area contributed by atoms with Crippen LogP contribution in [0.3, 0.4) is 0 Å². The van der Waals surface area contributed by atoms with Crippen molar-refractivity contribution >= 4 is 11.7 Å². The molecule has 22 heavy (non-hydrogen) atoms. The zero-order valence-corrected chi connectivity index (χ0v) is 13.9. The quantitative estimate of drug-likeness (QED) is 0.751. The third-order valence-corrected chi connectivity index (χ3v) is 4.28. The van der Waals surface area contributed by atoms with Crippen LogP contribution in [-0.2, 0) is 4.79 Å². The molecule has 1 aromatic rings. The minimum atomic E-state index is 0.0378. The van der Waals surface area contributed by atoms with Crippen LogP contribution >= 0.6 is 0 Å². The summed E-state index contributed by atoms with van der Waals surface area (Å²) in [5.41, 5.74) is 1.33. The molecule has 2 rings (SSSR count). The van der Waals surface area contributed by atoms with Crippen LogP contribution < -0.4 is 5.32 Å². The van der Waals surface area contributed by atoms with Crippen molar-refractivity contribution in [3.05, 3.63) is 30.0 Å². The van der Waals surface area contributed by atoms with E-state index in [1.807, 2.05) is 12.2 Å². The van der Waals surface area contributed by atoms with Gasteiger partial charge in [-0.25, -0.2) is 0 Å². The Hall–Kier alpha value is -1.55. The molecule has 1 saturated heterocycles. The second-order valence-corrected chi connectivity index (χ2v) is 6.09.